The van der Waals surface area contributed by atoms with E-state index in [1.54, 1.807) is 11.3 Å². The third-order valence-corrected chi connectivity index (χ3v) is 6.27. The van der Waals surface area contributed by atoms with Crippen molar-refractivity contribution >= 4 is 17.2 Å². The fourth-order valence-electron chi connectivity index (χ4n) is 3.81. The van der Waals surface area contributed by atoms with Crippen LogP contribution in [-0.4, -0.2) is 11.0 Å². The molecule has 0 amide bonds. The largest absolute Gasteiger partial charge is 0.381 e. The first-order chi connectivity index (χ1) is 14.6. The van der Waals surface area contributed by atoms with Gasteiger partial charge in [0.15, 0.2) is 5.84 Å². The number of aryl methyl sites for hydroxylation is 1. The number of amidine groups is 1. The van der Waals surface area contributed by atoms with Crippen LogP contribution in [-0.2, 0) is 5.54 Å². The molecule has 0 unspecified atom stereocenters. The third kappa shape index (κ3) is 3.49. The second kappa shape index (κ2) is 8.53. The van der Waals surface area contributed by atoms with E-state index in [0.29, 0.717) is 5.84 Å². The minimum Gasteiger partial charge on any atom is -0.381 e. The van der Waals surface area contributed by atoms with Gasteiger partial charge in [-0.3, -0.25) is 0 Å². The van der Waals surface area contributed by atoms with Crippen molar-refractivity contribution < 1.29 is 0 Å². The molecule has 3 aromatic carbocycles. The summed E-state index contributed by atoms with van der Waals surface area (Å²) in [6.45, 7) is 2.02. The quantitative estimate of drug-likeness (QED) is 0.156. The molecule has 1 heterocycles. The van der Waals surface area contributed by atoms with Crippen molar-refractivity contribution in [2.45, 2.75) is 12.5 Å². The molecule has 0 bridgehead atoms. The molecule has 0 atom stereocenters. The molecular formula is C25H24N4S. The number of thiophene rings is 1. The first-order valence-corrected chi connectivity index (χ1v) is 10.6. The van der Waals surface area contributed by atoms with Gasteiger partial charge in [0.1, 0.15) is 5.54 Å². The number of hydrogen-bond acceptors (Lipinski definition) is 4. The normalized spacial score (nSPS) is 12.0. The first-order valence-electron chi connectivity index (χ1n) is 9.74. The molecule has 0 aliphatic heterocycles. The van der Waals surface area contributed by atoms with Crippen LogP contribution in [0.3, 0.4) is 0 Å². The number of hydrazine groups is 1. The van der Waals surface area contributed by atoms with Gasteiger partial charge in [0.2, 0.25) is 0 Å². The average molecular weight is 413 g/mol. The SMILES string of the molecule is Cc1ccsc1/C(N)=N/N(N)C(c1ccccc1)(c1ccccc1)c1ccccc1. The van der Waals surface area contributed by atoms with E-state index in [1.165, 1.54) is 5.12 Å². The summed E-state index contributed by atoms with van der Waals surface area (Å²) < 4.78 is 0. The molecule has 0 saturated carbocycles. The molecule has 0 aliphatic carbocycles. The lowest BCUT2D eigenvalue weighted by molar-refractivity contribution is 0.167. The van der Waals surface area contributed by atoms with Gasteiger partial charge in [0.25, 0.3) is 0 Å². The van der Waals surface area contributed by atoms with Crippen molar-refractivity contribution in [3.8, 4) is 0 Å². The van der Waals surface area contributed by atoms with Crippen LogP contribution in [0.2, 0.25) is 0 Å². The second-order valence-electron chi connectivity index (χ2n) is 7.07. The lowest BCUT2D eigenvalue weighted by atomic mass is 9.77. The third-order valence-electron chi connectivity index (χ3n) is 5.23. The predicted octanol–water partition coefficient (Wildman–Crippen LogP) is 4.84. The number of nitrogens with zero attached hydrogens (tertiary/aromatic N) is 2. The maximum absolute atomic E-state index is 6.78. The van der Waals surface area contributed by atoms with Gasteiger partial charge in [0, 0.05) is 0 Å². The van der Waals surface area contributed by atoms with Gasteiger partial charge in [-0.2, -0.15) is 0 Å². The summed E-state index contributed by atoms with van der Waals surface area (Å²) in [5, 5.41) is 8.21. The van der Waals surface area contributed by atoms with Gasteiger partial charge in [-0.25, -0.2) is 11.0 Å². The molecule has 4 rings (SSSR count). The first kappa shape index (κ1) is 19.9. The Hall–Kier alpha value is -3.41. The Morgan fingerprint density at radius 1 is 0.767 bits per heavy atom. The zero-order chi connectivity index (χ0) is 21.0. The molecule has 4 N–H and O–H groups in total. The number of benzene rings is 3. The Morgan fingerprint density at radius 3 is 1.57 bits per heavy atom. The summed E-state index contributed by atoms with van der Waals surface area (Å²) in [7, 11) is 0. The molecule has 4 aromatic rings. The van der Waals surface area contributed by atoms with Crippen LogP contribution in [0.25, 0.3) is 0 Å². The minimum absolute atomic E-state index is 0.400. The fourth-order valence-corrected chi connectivity index (χ4v) is 4.63. The summed E-state index contributed by atoms with van der Waals surface area (Å²) in [4.78, 5) is 0.925. The van der Waals surface area contributed by atoms with Gasteiger partial charge in [-0.1, -0.05) is 91.0 Å². The molecule has 0 fully saturated rings. The Labute approximate surface area is 181 Å². The van der Waals surface area contributed by atoms with E-state index in [1.807, 2.05) is 73.0 Å². The number of hydrogen-bond donors (Lipinski definition) is 2. The molecule has 0 saturated heterocycles. The topological polar surface area (TPSA) is 67.6 Å². The summed E-state index contributed by atoms with van der Waals surface area (Å²) in [5.74, 6) is 7.18. The maximum Gasteiger partial charge on any atom is 0.162 e. The van der Waals surface area contributed by atoms with E-state index >= 15 is 0 Å². The summed E-state index contributed by atoms with van der Waals surface area (Å²) in [5.41, 5.74) is 9.66. The number of rotatable bonds is 6. The van der Waals surface area contributed by atoms with Crippen molar-refractivity contribution in [3.05, 3.63) is 130 Å². The highest BCUT2D eigenvalue weighted by atomic mass is 32.1. The zero-order valence-corrected chi connectivity index (χ0v) is 17.6. The standard InChI is InChI=1S/C25H24N4S/c1-19-17-18-30-23(19)24(26)28-29(27)25(20-11-5-2-6-12-20,21-13-7-3-8-14-21)22-15-9-4-10-16-22/h2-18H,27H2,1H3,(H2,26,28). The lowest BCUT2D eigenvalue weighted by Crippen LogP contribution is -2.50. The molecule has 0 radical (unpaired) electrons. The van der Waals surface area contributed by atoms with Gasteiger partial charge in [-0.15, -0.1) is 16.4 Å². The Balaban J connectivity index is 1.99. The molecule has 5 heteroatoms. The highest BCUT2D eigenvalue weighted by Crippen LogP contribution is 2.41. The summed E-state index contributed by atoms with van der Waals surface area (Å²) in [6, 6.07) is 32.5. The van der Waals surface area contributed by atoms with Crippen LogP contribution in [0, 0.1) is 6.92 Å². The van der Waals surface area contributed by atoms with Crippen LogP contribution < -0.4 is 11.6 Å². The Bertz CT molecular complexity index is 1020. The van der Waals surface area contributed by atoms with Crippen LogP contribution in [0.5, 0.6) is 0 Å². The van der Waals surface area contributed by atoms with Crippen LogP contribution >= 0.6 is 11.3 Å². The number of hydrazone groups is 1. The highest BCUT2D eigenvalue weighted by molar-refractivity contribution is 7.12. The minimum atomic E-state index is -0.848. The average Bonchev–Trinajstić information content (AvgIpc) is 3.23. The van der Waals surface area contributed by atoms with Crippen molar-refractivity contribution in [3.63, 3.8) is 0 Å². The predicted molar refractivity (Wildman–Crippen MR) is 125 cm³/mol. The van der Waals surface area contributed by atoms with Crippen molar-refractivity contribution in [2.24, 2.45) is 16.7 Å². The lowest BCUT2D eigenvalue weighted by Gasteiger charge is -2.41. The Kier molecular flexibility index (Phi) is 5.65. The molecule has 0 spiro atoms. The molecule has 0 aliphatic rings. The van der Waals surface area contributed by atoms with E-state index in [0.717, 1.165) is 27.1 Å². The van der Waals surface area contributed by atoms with Crippen molar-refractivity contribution in [1.82, 2.24) is 5.12 Å². The highest BCUT2D eigenvalue weighted by Gasteiger charge is 2.41. The van der Waals surface area contributed by atoms with E-state index < -0.39 is 5.54 Å². The van der Waals surface area contributed by atoms with Gasteiger partial charge < -0.3 is 5.73 Å². The van der Waals surface area contributed by atoms with Crippen LogP contribution in [0.1, 0.15) is 27.1 Å². The molecule has 150 valence electrons. The van der Waals surface area contributed by atoms with E-state index in [2.05, 4.69) is 36.4 Å². The van der Waals surface area contributed by atoms with Crippen molar-refractivity contribution in [2.75, 3.05) is 0 Å². The zero-order valence-electron chi connectivity index (χ0n) is 16.8. The van der Waals surface area contributed by atoms with E-state index in [-0.39, 0.29) is 0 Å². The van der Waals surface area contributed by atoms with Gasteiger partial charge >= 0.3 is 0 Å². The smallest absolute Gasteiger partial charge is 0.162 e. The van der Waals surface area contributed by atoms with E-state index in [4.69, 9.17) is 16.7 Å². The molecule has 4 nitrogen and oxygen atoms in total. The van der Waals surface area contributed by atoms with E-state index in [9.17, 15) is 0 Å². The monoisotopic (exact) mass is 412 g/mol. The Morgan fingerprint density at radius 2 is 1.20 bits per heavy atom. The number of nitrogens with two attached hydrogens (primary N) is 2. The molecule has 30 heavy (non-hydrogen) atoms. The molecule has 1 aromatic heterocycles. The fraction of sp³-hybridized carbons (Fsp3) is 0.0800. The van der Waals surface area contributed by atoms with Crippen LogP contribution in [0.4, 0.5) is 0 Å². The summed E-state index contributed by atoms with van der Waals surface area (Å²) >= 11 is 1.56. The van der Waals surface area contributed by atoms with Crippen LogP contribution in [0.15, 0.2) is 108 Å². The van der Waals surface area contributed by atoms with Gasteiger partial charge in [-0.05, 0) is 40.6 Å². The molecular weight excluding hydrogens is 388 g/mol. The summed E-state index contributed by atoms with van der Waals surface area (Å²) in [6.07, 6.45) is 0. The van der Waals surface area contributed by atoms with Crippen molar-refractivity contribution in [1.29, 1.82) is 0 Å². The second-order valence-corrected chi connectivity index (χ2v) is 7.99. The maximum atomic E-state index is 6.78. The van der Waals surface area contributed by atoms with Gasteiger partial charge in [0.05, 0.1) is 4.88 Å².